The molecular weight excluding hydrogens is 304 g/mol. The fourth-order valence-electron chi connectivity index (χ4n) is 1.44. The topological polar surface area (TPSA) is 68.4 Å². The number of anilines is 1. The quantitative estimate of drug-likeness (QED) is 0.913. The van der Waals surface area contributed by atoms with Gasteiger partial charge in [0.25, 0.3) is 0 Å². The van der Waals surface area contributed by atoms with Crippen LogP contribution >= 0.6 is 27.3 Å². The predicted octanol–water partition coefficient (Wildman–Crippen LogP) is 2.58. The molecule has 0 aliphatic rings. The lowest BCUT2D eigenvalue weighted by Gasteiger charge is -2.11. The van der Waals surface area contributed by atoms with Gasteiger partial charge in [-0.25, -0.2) is 4.98 Å². The van der Waals surface area contributed by atoms with Gasteiger partial charge in [0.05, 0.1) is 12.0 Å². The molecule has 17 heavy (non-hydrogen) atoms. The zero-order chi connectivity index (χ0) is 12.4. The second kappa shape index (κ2) is 5.03. The number of rotatable bonds is 3. The molecule has 3 N–H and O–H groups in total. The van der Waals surface area contributed by atoms with Crippen LogP contribution in [0.25, 0.3) is 0 Å². The Morgan fingerprint density at radius 3 is 2.82 bits per heavy atom. The van der Waals surface area contributed by atoms with Gasteiger partial charge in [-0.15, -0.1) is 0 Å². The van der Waals surface area contributed by atoms with E-state index >= 15 is 0 Å². The number of methoxy groups -OCH3 is 1. The highest BCUT2D eigenvalue weighted by Gasteiger charge is 2.16. The second-order valence-electron chi connectivity index (χ2n) is 3.39. The average molecular weight is 315 g/mol. The first kappa shape index (κ1) is 12.3. The van der Waals surface area contributed by atoms with Crippen molar-refractivity contribution in [2.45, 2.75) is 6.10 Å². The molecule has 1 unspecified atom stereocenters. The van der Waals surface area contributed by atoms with Crippen molar-refractivity contribution in [3.05, 3.63) is 39.3 Å². The zero-order valence-electron chi connectivity index (χ0n) is 9.05. The molecule has 0 radical (unpaired) electrons. The fourth-order valence-corrected chi connectivity index (χ4v) is 2.70. The number of thiazole rings is 1. The van der Waals surface area contributed by atoms with Gasteiger partial charge in [-0.3, -0.25) is 0 Å². The Labute approximate surface area is 111 Å². The van der Waals surface area contributed by atoms with E-state index in [-0.39, 0.29) is 0 Å². The van der Waals surface area contributed by atoms with E-state index in [0.717, 1.165) is 15.8 Å². The van der Waals surface area contributed by atoms with Crippen LogP contribution in [0.4, 0.5) is 5.13 Å². The Morgan fingerprint density at radius 2 is 2.29 bits per heavy atom. The third-order valence-electron chi connectivity index (χ3n) is 2.31. The lowest BCUT2D eigenvalue weighted by Crippen LogP contribution is -1.98. The monoisotopic (exact) mass is 314 g/mol. The molecule has 0 bridgehead atoms. The van der Waals surface area contributed by atoms with Gasteiger partial charge >= 0.3 is 0 Å². The Balaban J connectivity index is 2.34. The Morgan fingerprint density at radius 1 is 1.53 bits per heavy atom. The van der Waals surface area contributed by atoms with Crippen molar-refractivity contribution < 1.29 is 9.84 Å². The van der Waals surface area contributed by atoms with Gasteiger partial charge in [0, 0.05) is 16.2 Å². The van der Waals surface area contributed by atoms with Crippen molar-refractivity contribution in [3.63, 3.8) is 0 Å². The number of aromatic nitrogens is 1. The second-order valence-corrected chi connectivity index (χ2v) is 5.34. The van der Waals surface area contributed by atoms with Gasteiger partial charge in [-0.1, -0.05) is 33.3 Å². The molecule has 4 nitrogen and oxygen atoms in total. The average Bonchev–Trinajstić information content (AvgIpc) is 2.75. The molecule has 0 aliphatic carbocycles. The van der Waals surface area contributed by atoms with Gasteiger partial charge in [0.1, 0.15) is 11.9 Å². The summed E-state index contributed by atoms with van der Waals surface area (Å²) in [5.41, 5.74) is 6.30. The van der Waals surface area contributed by atoms with E-state index in [9.17, 15) is 5.11 Å². The van der Waals surface area contributed by atoms with Crippen molar-refractivity contribution in [1.82, 2.24) is 4.98 Å². The number of aliphatic hydroxyl groups is 1. The number of nitrogens with zero attached hydrogens (tertiary/aromatic N) is 1. The summed E-state index contributed by atoms with van der Waals surface area (Å²) in [4.78, 5) is 4.64. The molecule has 0 saturated heterocycles. The summed E-state index contributed by atoms with van der Waals surface area (Å²) in [5.74, 6) is 0.733. The minimum Gasteiger partial charge on any atom is -0.497 e. The van der Waals surface area contributed by atoms with E-state index < -0.39 is 6.10 Å². The number of aliphatic hydroxyl groups excluding tert-OH is 1. The number of hydrogen-bond donors (Lipinski definition) is 2. The van der Waals surface area contributed by atoms with E-state index in [1.54, 1.807) is 19.4 Å². The molecule has 0 aliphatic heterocycles. The molecule has 1 aromatic carbocycles. The summed E-state index contributed by atoms with van der Waals surface area (Å²) >= 11 is 4.68. The van der Waals surface area contributed by atoms with Crippen LogP contribution < -0.4 is 10.5 Å². The SMILES string of the molecule is COc1ccc(C(O)c2cnc(N)s2)c(Br)c1. The van der Waals surface area contributed by atoms with Gasteiger partial charge in [0.2, 0.25) is 0 Å². The Bertz CT molecular complexity index is 530. The number of hydrogen-bond acceptors (Lipinski definition) is 5. The molecule has 1 heterocycles. The first-order valence-electron chi connectivity index (χ1n) is 4.84. The summed E-state index contributed by atoms with van der Waals surface area (Å²) in [6.07, 6.45) is 0.853. The standard InChI is InChI=1S/C11H11BrN2O2S/c1-16-6-2-3-7(8(12)4-6)10(15)9-5-14-11(13)17-9/h2-5,10,15H,1H3,(H2,13,14). The number of nitrogens with two attached hydrogens (primary N) is 1. The molecule has 0 fully saturated rings. The van der Waals surface area contributed by atoms with Crippen molar-refractivity contribution in [2.75, 3.05) is 12.8 Å². The highest BCUT2D eigenvalue weighted by Crippen LogP contribution is 2.33. The van der Waals surface area contributed by atoms with E-state index in [2.05, 4.69) is 20.9 Å². The van der Waals surface area contributed by atoms with Crippen LogP contribution in [-0.2, 0) is 0 Å². The Hall–Kier alpha value is -1.11. The van der Waals surface area contributed by atoms with E-state index in [0.29, 0.717) is 10.0 Å². The maximum atomic E-state index is 10.2. The third-order valence-corrected chi connectivity index (χ3v) is 3.88. The fraction of sp³-hybridized carbons (Fsp3) is 0.182. The largest absolute Gasteiger partial charge is 0.497 e. The maximum absolute atomic E-state index is 10.2. The number of ether oxygens (including phenoxy) is 1. The van der Waals surface area contributed by atoms with Crippen molar-refractivity contribution >= 4 is 32.4 Å². The van der Waals surface area contributed by atoms with E-state index in [1.807, 2.05) is 12.1 Å². The molecular formula is C11H11BrN2O2S. The van der Waals surface area contributed by atoms with Gasteiger partial charge in [-0.2, -0.15) is 0 Å². The van der Waals surface area contributed by atoms with Crippen molar-refractivity contribution in [2.24, 2.45) is 0 Å². The molecule has 1 aromatic heterocycles. The summed E-state index contributed by atoms with van der Waals surface area (Å²) in [6.45, 7) is 0. The van der Waals surface area contributed by atoms with Crippen LogP contribution in [-0.4, -0.2) is 17.2 Å². The first-order chi connectivity index (χ1) is 8.11. The maximum Gasteiger partial charge on any atom is 0.180 e. The first-order valence-corrected chi connectivity index (χ1v) is 6.45. The highest BCUT2D eigenvalue weighted by atomic mass is 79.9. The van der Waals surface area contributed by atoms with Crippen LogP contribution in [0.3, 0.4) is 0 Å². The van der Waals surface area contributed by atoms with Crippen molar-refractivity contribution in [1.29, 1.82) is 0 Å². The number of nitrogen functional groups attached to an aromatic ring is 1. The summed E-state index contributed by atoms with van der Waals surface area (Å²) in [5, 5.41) is 10.6. The zero-order valence-corrected chi connectivity index (χ0v) is 11.5. The Kier molecular flexibility index (Phi) is 3.66. The summed E-state index contributed by atoms with van der Waals surface area (Å²) in [6, 6.07) is 5.42. The van der Waals surface area contributed by atoms with Crippen LogP contribution in [0, 0.1) is 0 Å². The molecule has 1 atom stereocenters. The van der Waals surface area contributed by atoms with Crippen LogP contribution in [0.1, 0.15) is 16.5 Å². The molecule has 0 amide bonds. The van der Waals surface area contributed by atoms with Crippen LogP contribution in [0.5, 0.6) is 5.75 Å². The minimum absolute atomic E-state index is 0.448. The minimum atomic E-state index is -0.731. The molecule has 6 heteroatoms. The molecule has 2 aromatic rings. The summed E-state index contributed by atoms with van der Waals surface area (Å²) < 4.78 is 5.89. The van der Waals surface area contributed by atoms with E-state index in [4.69, 9.17) is 10.5 Å². The van der Waals surface area contributed by atoms with Crippen LogP contribution in [0.2, 0.25) is 0 Å². The van der Waals surface area contributed by atoms with Gasteiger partial charge in [0.15, 0.2) is 5.13 Å². The number of halogens is 1. The highest BCUT2D eigenvalue weighted by molar-refractivity contribution is 9.10. The van der Waals surface area contributed by atoms with Gasteiger partial charge < -0.3 is 15.6 Å². The van der Waals surface area contributed by atoms with E-state index in [1.165, 1.54) is 11.3 Å². The molecule has 90 valence electrons. The van der Waals surface area contributed by atoms with Gasteiger partial charge in [-0.05, 0) is 12.1 Å². The smallest absolute Gasteiger partial charge is 0.180 e. The van der Waals surface area contributed by atoms with Crippen LogP contribution in [0.15, 0.2) is 28.9 Å². The summed E-state index contributed by atoms with van der Waals surface area (Å²) in [7, 11) is 1.60. The lowest BCUT2D eigenvalue weighted by atomic mass is 10.1. The molecule has 0 saturated carbocycles. The molecule has 0 spiro atoms. The predicted molar refractivity (Wildman–Crippen MR) is 71.3 cm³/mol. The van der Waals surface area contributed by atoms with Crippen molar-refractivity contribution in [3.8, 4) is 5.75 Å². The molecule has 2 rings (SSSR count). The normalized spacial score (nSPS) is 12.4. The number of benzene rings is 1. The lowest BCUT2D eigenvalue weighted by molar-refractivity contribution is 0.223. The third kappa shape index (κ3) is 2.59.